The molecule has 1 aliphatic carbocycles. The van der Waals surface area contributed by atoms with Crippen LogP contribution in [0.15, 0.2) is 60.7 Å². The molecular weight excluding hydrogens is 270 g/mol. The molecule has 2 aromatic carbocycles. The fourth-order valence-corrected chi connectivity index (χ4v) is 3.58. The second-order valence-corrected chi connectivity index (χ2v) is 6.05. The molecule has 0 saturated heterocycles. The summed E-state index contributed by atoms with van der Waals surface area (Å²) < 4.78 is 2.27. The van der Waals surface area contributed by atoms with E-state index in [2.05, 4.69) is 59.2 Å². The summed E-state index contributed by atoms with van der Waals surface area (Å²) in [5.74, 6) is 0.379. The molecule has 0 aliphatic heterocycles. The van der Waals surface area contributed by atoms with E-state index in [9.17, 15) is 4.79 Å². The lowest BCUT2D eigenvalue weighted by Crippen LogP contribution is -2.23. The first kappa shape index (κ1) is 13.3. The number of benzene rings is 2. The van der Waals surface area contributed by atoms with Crippen LogP contribution in [-0.2, 0) is 4.79 Å². The monoisotopic (exact) mass is 289 g/mol. The summed E-state index contributed by atoms with van der Waals surface area (Å²) in [5.41, 5.74) is 3.50. The van der Waals surface area contributed by atoms with Crippen LogP contribution < -0.4 is 0 Å². The number of nitrogens with zero attached hydrogens (tertiary/aromatic N) is 1. The summed E-state index contributed by atoms with van der Waals surface area (Å²) in [6, 6.07) is 21.0. The molecular formula is C20H19NO. The zero-order chi connectivity index (χ0) is 14.9. The van der Waals surface area contributed by atoms with Gasteiger partial charge in [-0.1, -0.05) is 55.0 Å². The van der Waals surface area contributed by atoms with Gasteiger partial charge in [0.05, 0.1) is 6.04 Å². The number of para-hydroxylation sites is 1. The van der Waals surface area contributed by atoms with Crippen LogP contribution in [0.2, 0.25) is 0 Å². The van der Waals surface area contributed by atoms with E-state index < -0.39 is 0 Å². The van der Waals surface area contributed by atoms with Crippen molar-refractivity contribution in [3.8, 4) is 11.3 Å². The molecule has 3 aromatic rings. The van der Waals surface area contributed by atoms with Crippen molar-refractivity contribution in [1.29, 1.82) is 0 Å². The Morgan fingerprint density at radius 2 is 1.68 bits per heavy atom. The number of fused-ring (bicyclic) bond motifs is 1. The molecule has 1 saturated carbocycles. The SMILES string of the molecule is O=C1CCCCC1n1c(-c2ccccc2)cc2ccccc21. The van der Waals surface area contributed by atoms with Crippen molar-refractivity contribution in [3.63, 3.8) is 0 Å². The third-order valence-electron chi connectivity index (χ3n) is 4.65. The van der Waals surface area contributed by atoms with Gasteiger partial charge in [-0.3, -0.25) is 4.79 Å². The van der Waals surface area contributed by atoms with Gasteiger partial charge in [-0.25, -0.2) is 0 Å². The Kier molecular flexibility index (Phi) is 3.30. The minimum Gasteiger partial charge on any atom is -0.330 e. The first-order chi connectivity index (χ1) is 10.8. The third-order valence-corrected chi connectivity index (χ3v) is 4.65. The van der Waals surface area contributed by atoms with E-state index in [1.165, 1.54) is 16.5 Å². The summed E-state index contributed by atoms with van der Waals surface area (Å²) >= 11 is 0. The maximum atomic E-state index is 12.5. The maximum Gasteiger partial charge on any atom is 0.155 e. The summed E-state index contributed by atoms with van der Waals surface area (Å²) in [6.45, 7) is 0. The highest BCUT2D eigenvalue weighted by atomic mass is 16.1. The Morgan fingerprint density at radius 1 is 0.909 bits per heavy atom. The van der Waals surface area contributed by atoms with Crippen molar-refractivity contribution in [2.75, 3.05) is 0 Å². The van der Waals surface area contributed by atoms with Gasteiger partial charge >= 0.3 is 0 Å². The Balaban J connectivity index is 1.96. The largest absolute Gasteiger partial charge is 0.330 e. The van der Waals surface area contributed by atoms with Gasteiger partial charge in [-0.2, -0.15) is 0 Å². The number of rotatable bonds is 2. The van der Waals surface area contributed by atoms with Gasteiger partial charge in [0.2, 0.25) is 0 Å². The van der Waals surface area contributed by atoms with Gasteiger partial charge in [-0.15, -0.1) is 0 Å². The second-order valence-electron chi connectivity index (χ2n) is 6.05. The summed E-state index contributed by atoms with van der Waals surface area (Å²) in [6.07, 6.45) is 3.84. The highest BCUT2D eigenvalue weighted by Gasteiger charge is 2.27. The summed E-state index contributed by atoms with van der Waals surface area (Å²) in [5, 5.41) is 1.21. The second kappa shape index (κ2) is 5.45. The van der Waals surface area contributed by atoms with Gasteiger partial charge in [0.1, 0.15) is 0 Å². The van der Waals surface area contributed by atoms with Crippen LogP contribution in [-0.4, -0.2) is 10.4 Å². The van der Waals surface area contributed by atoms with Crippen molar-refractivity contribution in [3.05, 3.63) is 60.7 Å². The first-order valence-corrected chi connectivity index (χ1v) is 8.03. The van der Waals surface area contributed by atoms with Crippen molar-refractivity contribution >= 4 is 16.7 Å². The van der Waals surface area contributed by atoms with Crippen LogP contribution in [0, 0.1) is 0 Å². The van der Waals surface area contributed by atoms with Crippen LogP contribution in [0.1, 0.15) is 31.7 Å². The lowest BCUT2D eigenvalue weighted by atomic mass is 9.93. The van der Waals surface area contributed by atoms with Gasteiger partial charge in [0, 0.05) is 23.0 Å². The lowest BCUT2D eigenvalue weighted by Gasteiger charge is -2.25. The fourth-order valence-electron chi connectivity index (χ4n) is 3.58. The van der Waals surface area contributed by atoms with E-state index >= 15 is 0 Å². The number of carbonyl (C=O) groups is 1. The van der Waals surface area contributed by atoms with Gasteiger partial charge in [0.25, 0.3) is 0 Å². The predicted octanol–water partition coefficient (Wildman–Crippen LogP) is 4.99. The molecule has 1 fully saturated rings. The predicted molar refractivity (Wildman–Crippen MR) is 89.9 cm³/mol. The molecule has 2 nitrogen and oxygen atoms in total. The van der Waals surface area contributed by atoms with Crippen molar-refractivity contribution in [1.82, 2.24) is 4.57 Å². The molecule has 0 bridgehead atoms. The average Bonchev–Trinajstić information content (AvgIpc) is 2.95. The van der Waals surface area contributed by atoms with Crippen molar-refractivity contribution in [2.45, 2.75) is 31.7 Å². The van der Waals surface area contributed by atoms with E-state index in [4.69, 9.17) is 0 Å². The molecule has 4 rings (SSSR count). The fraction of sp³-hybridized carbons (Fsp3) is 0.250. The summed E-state index contributed by atoms with van der Waals surface area (Å²) in [7, 11) is 0. The molecule has 22 heavy (non-hydrogen) atoms. The Morgan fingerprint density at radius 3 is 2.50 bits per heavy atom. The number of Topliss-reactive ketones (excluding diaryl/α,β-unsaturated/α-hetero) is 1. The van der Waals surface area contributed by atoms with E-state index in [1.54, 1.807) is 0 Å². The minimum absolute atomic E-state index is 0.0103. The molecule has 0 amide bonds. The van der Waals surface area contributed by atoms with Crippen molar-refractivity contribution < 1.29 is 4.79 Å². The number of hydrogen-bond acceptors (Lipinski definition) is 1. The van der Waals surface area contributed by atoms with Crippen LogP contribution in [0.5, 0.6) is 0 Å². The standard InChI is InChI=1S/C20H19NO/c22-20-13-7-6-12-18(20)21-17-11-5-4-10-16(17)14-19(21)15-8-2-1-3-9-15/h1-5,8-11,14,18H,6-7,12-13H2. The smallest absolute Gasteiger partial charge is 0.155 e. The number of carbonyl (C=O) groups excluding carboxylic acids is 1. The Hall–Kier alpha value is -2.35. The van der Waals surface area contributed by atoms with E-state index in [1.807, 2.05) is 6.07 Å². The van der Waals surface area contributed by atoms with E-state index in [-0.39, 0.29) is 6.04 Å². The van der Waals surface area contributed by atoms with E-state index in [0.29, 0.717) is 12.2 Å². The third kappa shape index (κ3) is 2.16. The van der Waals surface area contributed by atoms with Crippen LogP contribution in [0.4, 0.5) is 0 Å². The van der Waals surface area contributed by atoms with Crippen molar-refractivity contribution in [2.24, 2.45) is 0 Å². The lowest BCUT2D eigenvalue weighted by molar-refractivity contribution is -0.123. The van der Waals surface area contributed by atoms with Crippen LogP contribution in [0.25, 0.3) is 22.2 Å². The molecule has 1 unspecified atom stereocenters. The van der Waals surface area contributed by atoms with E-state index in [0.717, 1.165) is 25.0 Å². The molecule has 2 heteroatoms. The topological polar surface area (TPSA) is 22.0 Å². The normalized spacial score (nSPS) is 18.7. The molecule has 1 aromatic heterocycles. The highest BCUT2D eigenvalue weighted by Crippen LogP contribution is 2.36. The molecule has 0 spiro atoms. The molecule has 1 atom stereocenters. The van der Waals surface area contributed by atoms with Gasteiger partial charge < -0.3 is 4.57 Å². The molecule has 1 aliphatic rings. The maximum absolute atomic E-state index is 12.5. The van der Waals surface area contributed by atoms with Gasteiger partial charge in [0.15, 0.2) is 5.78 Å². The van der Waals surface area contributed by atoms with Crippen LogP contribution >= 0.6 is 0 Å². The zero-order valence-corrected chi connectivity index (χ0v) is 12.5. The average molecular weight is 289 g/mol. The molecule has 0 radical (unpaired) electrons. The number of hydrogen-bond donors (Lipinski definition) is 0. The first-order valence-electron chi connectivity index (χ1n) is 8.03. The van der Waals surface area contributed by atoms with Gasteiger partial charge in [-0.05, 0) is 30.5 Å². The highest BCUT2D eigenvalue weighted by molar-refractivity contribution is 5.91. The molecule has 0 N–H and O–H groups in total. The molecule has 1 heterocycles. The molecule has 110 valence electrons. The van der Waals surface area contributed by atoms with Crippen LogP contribution in [0.3, 0.4) is 0 Å². The minimum atomic E-state index is -0.0103. The quantitative estimate of drug-likeness (QED) is 0.651. The number of ketones is 1. The Bertz CT molecular complexity index is 816. The Labute approximate surface area is 130 Å². The zero-order valence-electron chi connectivity index (χ0n) is 12.5. The summed E-state index contributed by atoms with van der Waals surface area (Å²) in [4.78, 5) is 12.5. The number of aromatic nitrogens is 1.